The molecule has 1 aromatic heterocycles. The van der Waals surface area contributed by atoms with E-state index in [0.29, 0.717) is 6.42 Å². The number of nitrogens with two attached hydrogens (primary N) is 1. The Balaban J connectivity index is 0.000000348. The third-order valence-electron chi connectivity index (χ3n) is 16.3. The number of aliphatic hydroxyl groups is 4. The number of β-lactam (4-membered cyclic amide) rings is 1. The number of thioether (sulfide) groups is 1. The zero-order valence-corrected chi connectivity index (χ0v) is 49.7. The van der Waals surface area contributed by atoms with Crippen LogP contribution in [0.15, 0.2) is 39.2 Å². The van der Waals surface area contributed by atoms with Gasteiger partial charge in [0.1, 0.15) is 60.5 Å². The van der Waals surface area contributed by atoms with Crippen molar-refractivity contribution < 1.29 is 101 Å². The third-order valence-corrected chi connectivity index (χ3v) is 17.7. The van der Waals surface area contributed by atoms with Crippen molar-refractivity contribution in [2.75, 3.05) is 47.8 Å². The Bertz CT molecular complexity index is 2430. The number of primary amides is 1. The number of esters is 1. The van der Waals surface area contributed by atoms with Crippen molar-refractivity contribution in [3.63, 3.8) is 0 Å². The third kappa shape index (κ3) is 14.8. The van der Waals surface area contributed by atoms with Gasteiger partial charge >= 0.3 is 18.0 Å². The molecule has 27 heteroatoms. The maximum absolute atomic E-state index is 14.2. The van der Waals surface area contributed by atoms with Gasteiger partial charge in [0.25, 0.3) is 11.8 Å². The highest BCUT2D eigenvalue weighted by atomic mass is 32.2. The number of aliphatic hydroxyl groups excluding tert-OH is 3. The van der Waals surface area contributed by atoms with E-state index in [-0.39, 0.29) is 72.3 Å². The predicted octanol–water partition coefficient (Wildman–Crippen LogP) is 1.90. The summed E-state index contributed by atoms with van der Waals surface area (Å²) >= 11 is 1.21. The molecule has 0 spiro atoms. The Kier molecular flexibility index (Phi) is 22.9. The molecule has 4 fully saturated rings. The molecule has 26 nitrogen and oxygen atoms in total. The van der Waals surface area contributed by atoms with Crippen molar-refractivity contribution in [3.05, 3.63) is 35.4 Å². The van der Waals surface area contributed by atoms with E-state index in [1.165, 1.54) is 52.3 Å². The van der Waals surface area contributed by atoms with Crippen LogP contribution in [-0.4, -0.2) is 220 Å². The number of likely N-dealkylation sites (N-methyl/N-ethyl adjacent to an activating group) is 1. The van der Waals surface area contributed by atoms with Crippen molar-refractivity contribution in [2.45, 2.75) is 191 Å². The fraction of sp³-hybridized carbons (Fsp3) is 0.759. The number of ether oxygens (including phenoxy) is 8. The number of carboxylic acid groups (broad SMARTS) is 1. The Morgan fingerprint density at radius 2 is 1.59 bits per heavy atom. The van der Waals surface area contributed by atoms with E-state index < -0.39 is 137 Å². The van der Waals surface area contributed by atoms with Crippen LogP contribution in [-0.2, 0) is 66.7 Å². The van der Waals surface area contributed by atoms with Gasteiger partial charge in [-0.1, -0.05) is 32.9 Å². The van der Waals surface area contributed by atoms with Crippen molar-refractivity contribution in [2.24, 2.45) is 34.6 Å². The molecule has 6 rings (SSSR count). The maximum atomic E-state index is 14.2. The molecule has 0 aliphatic carbocycles. The van der Waals surface area contributed by atoms with Crippen LogP contribution < -0.4 is 11.1 Å². The minimum atomic E-state index is -1.96. The predicted molar refractivity (Wildman–Crippen MR) is 289 cm³/mol. The first-order valence-electron chi connectivity index (χ1n) is 27.0. The summed E-state index contributed by atoms with van der Waals surface area (Å²) in [7, 11) is 8.02. The second-order valence-corrected chi connectivity index (χ2v) is 23.6. The summed E-state index contributed by atoms with van der Waals surface area (Å²) in [4.78, 5) is 83.3. The molecule has 0 radical (unpaired) electrons. The minimum Gasteiger partial charge on any atom is -0.477 e. The summed E-state index contributed by atoms with van der Waals surface area (Å²) in [6, 6.07) is 1.80. The second kappa shape index (κ2) is 27.7. The first kappa shape index (κ1) is 67.0. The molecule has 20 atom stereocenters. The van der Waals surface area contributed by atoms with Crippen molar-refractivity contribution in [3.8, 4) is 0 Å². The van der Waals surface area contributed by atoms with E-state index in [2.05, 4.69) is 20.0 Å². The number of hydrogen-bond donors (Lipinski definition) is 7. The van der Waals surface area contributed by atoms with Gasteiger partial charge in [0.15, 0.2) is 18.3 Å². The maximum Gasteiger partial charge on any atom is 0.404 e. The number of Topliss-reactive ketones (excluding diaryl/α,β-unsaturated/α-hetero) is 1. The van der Waals surface area contributed by atoms with Gasteiger partial charge < -0.3 is 88.6 Å². The Morgan fingerprint density at radius 3 is 2.15 bits per heavy atom. The van der Waals surface area contributed by atoms with Gasteiger partial charge in [0, 0.05) is 55.8 Å². The first-order valence-corrected chi connectivity index (χ1v) is 28.1. The summed E-state index contributed by atoms with van der Waals surface area (Å²) in [5, 5.41) is 60.5. The van der Waals surface area contributed by atoms with Crippen molar-refractivity contribution >= 4 is 53.1 Å². The summed E-state index contributed by atoms with van der Waals surface area (Å²) in [5.41, 5.74) is 0.433. The summed E-state index contributed by atoms with van der Waals surface area (Å²) in [6.45, 7) is 16.7. The van der Waals surface area contributed by atoms with Crippen LogP contribution in [0.2, 0.25) is 0 Å². The molecule has 5 aliphatic heterocycles. The Morgan fingerprint density at radius 1 is 0.938 bits per heavy atom. The largest absolute Gasteiger partial charge is 0.477 e. The highest BCUT2D eigenvalue weighted by Gasteiger charge is 2.56. The number of carboxylic acids is 1. The quantitative estimate of drug-likeness (QED) is 0.0571. The number of amides is 3. The number of oxime groups is 1. The highest BCUT2D eigenvalue weighted by Crippen LogP contribution is 2.43. The molecular formula is C54H85N5O21S. The lowest BCUT2D eigenvalue weighted by Gasteiger charge is -2.50. The summed E-state index contributed by atoms with van der Waals surface area (Å²) in [6.07, 6.45) is -8.44. The molecule has 1 aromatic rings. The van der Waals surface area contributed by atoms with Crippen LogP contribution in [0.25, 0.3) is 0 Å². The van der Waals surface area contributed by atoms with Crippen LogP contribution in [0.1, 0.15) is 101 Å². The van der Waals surface area contributed by atoms with Gasteiger partial charge in [-0.05, 0) is 87.0 Å². The van der Waals surface area contributed by atoms with Gasteiger partial charge in [0.2, 0.25) is 5.71 Å². The standard InChI is InChI=1S/C38H69NO13.C16H16N4O8S/c1-15-26-38(10,45)31(42)21(4)28(40)19(2)17-37(9,47-14)33(52-35-29(41)25(39(11)12)16-20(3)48-35)22(5)30(23(6)34(44)50-26)51-27-18-36(8,46-13)32(43)24(7)49-27;1-26-19-9(8-3-2-4-27-8)12(21)18-10-13(22)20-11(15(23)24)7(5-28-16(17)25)6-29-14(10)20/h19-27,29-33,35,41-43,45H,15-18H2,1-14H3;2-4,10,14H,5-6H2,1H3,(H2,17,25)(H,18,21)(H,23,24)/b;19-9+/t19-,20-,21+,22?,23-,24+,25+,26-,27+,29-,30+,31-,32+,33-,35+,36-,37-,38-;10-,14-/m11/s1. The smallest absolute Gasteiger partial charge is 0.404 e. The zero-order valence-electron chi connectivity index (χ0n) is 48.9. The van der Waals surface area contributed by atoms with Gasteiger partial charge in [-0.3, -0.25) is 24.1 Å². The molecule has 6 heterocycles. The van der Waals surface area contributed by atoms with Crippen LogP contribution in [0.4, 0.5) is 4.79 Å². The fourth-order valence-electron chi connectivity index (χ4n) is 11.5. The molecule has 5 aliphatic rings. The van der Waals surface area contributed by atoms with Crippen LogP contribution in [0.3, 0.4) is 0 Å². The van der Waals surface area contributed by atoms with Crippen LogP contribution >= 0.6 is 11.8 Å². The number of rotatable bonds is 15. The summed E-state index contributed by atoms with van der Waals surface area (Å²) < 4.78 is 53.7. The monoisotopic (exact) mass is 1170 g/mol. The molecule has 4 saturated heterocycles. The van der Waals surface area contributed by atoms with Gasteiger partial charge in [0.05, 0.1) is 53.9 Å². The lowest BCUT2D eigenvalue weighted by atomic mass is 9.74. The van der Waals surface area contributed by atoms with E-state index in [1.807, 2.05) is 32.8 Å². The Labute approximate surface area is 476 Å². The van der Waals surface area contributed by atoms with Crippen LogP contribution in [0.5, 0.6) is 0 Å². The van der Waals surface area contributed by atoms with Crippen LogP contribution in [0, 0.1) is 23.7 Å². The SMILES string of the molecule is CC[C@H]1OC(=O)[C@H](C)[C@@H](O[C@H]2C[C@@](C)(OC)[C@@H](O)[C@H](C)O2)C(C)[C@@H](O[C@@H]2O[C@H](C)C[C@H](N(C)C)[C@H]2O)[C@](C)(OC)C[C@@H](C)C(=O)[C@H](C)[C@@H](O)[C@]1(C)O.CO/N=C(/C(=O)N[C@@H]1C(=O)N2C(C(=O)O)=C(COC(N)=O)CS[C@H]12)c1ccco1. The molecule has 0 aromatic carbocycles. The average molecular weight is 1170 g/mol. The fourth-order valence-corrected chi connectivity index (χ4v) is 12.8. The van der Waals surface area contributed by atoms with E-state index in [4.69, 9.17) is 43.3 Å². The number of nitrogens with zero attached hydrogens (tertiary/aromatic N) is 3. The van der Waals surface area contributed by atoms with Crippen molar-refractivity contribution in [1.82, 2.24) is 15.1 Å². The number of carbonyl (C=O) groups excluding carboxylic acids is 5. The molecule has 3 amide bonds. The highest BCUT2D eigenvalue weighted by molar-refractivity contribution is 8.00. The lowest BCUT2D eigenvalue weighted by Crippen LogP contribution is -2.71. The number of hydrogen-bond acceptors (Lipinski definition) is 23. The molecular weight excluding hydrogens is 1090 g/mol. The number of ketones is 1. The number of cyclic esters (lactones) is 1. The molecule has 8 N–H and O–H groups in total. The molecule has 458 valence electrons. The van der Waals surface area contributed by atoms with E-state index in [9.17, 15) is 54.3 Å². The number of furan rings is 1. The number of carbonyl (C=O) groups is 6. The van der Waals surface area contributed by atoms with Gasteiger partial charge in [-0.2, -0.15) is 0 Å². The lowest BCUT2D eigenvalue weighted by molar-refractivity contribution is -0.319. The molecule has 0 bridgehead atoms. The zero-order chi connectivity index (χ0) is 60.8. The normalized spacial score (nSPS) is 39.1. The second-order valence-electron chi connectivity index (χ2n) is 22.5. The number of methoxy groups -OCH3 is 2. The van der Waals surface area contributed by atoms with E-state index in [1.54, 1.807) is 54.5 Å². The molecule has 0 saturated carbocycles. The number of nitrogens with one attached hydrogen (secondary N) is 1. The van der Waals surface area contributed by atoms with Gasteiger partial charge in [-0.15, -0.1) is 11.8 Å². The van der Waals surface area contributed by atoms with E-state index in [0.717, 1.165) is 4.90 Å². The number of aliphatic carboxylic acids is 1. The topological polar surface area (TPSA) is 357 Å². The van der Waals surface area contributed by atoms with Crippen molar-refractivity contribution in [1.29, 1.82) is 0 Å². The number of fused-ring (bicyclic) bond motifs is 1. The Hall–Kier alpha value is -4.78. The van der Waals surface area contributed by atoms with E-state index >= 15 is 0 Å². The molecule has 81 heavy (non-hydrogen) atoms. The average Bonchev–Trinajstić information content (AvgIpc) is 3.96. The summed E-state index contributed by atoms with van der Waals surface area (Å²) in [5.74, 6) is -6.85. The minimum absolute atomic E-state index is 0.111. The first-order chi connectivity index (χ1) is 37.8. The van der Waals surface area contributed by atoms with Gasteiger partial charge in [-0.25, -0.2) is 9.59 Å². The molecule has 1 unspecified atom stereocenters.